The van der Waals surface area contributed by atoms with Crippen LogP contribution >= 0.6 is 12.6 Å². The summed E-state index contributed by atoms with van der Waals surface area (Å²) < 4.78 is 0. The van der Waals surface area contributed by atoms with Crippen LogP contribution in [0.3, 0.4) is 0 Å². The summed E-state index contributed by atoms with van der Waals surface area (Å²) >= 11 is 3.76. The van der Waals surface area contributed by atoms with Crippen molar-refractivity contribution >= 4 is 35.2 Å². The minimum absolute atomic E-state index is 0.0143. The molecule has 5 nitrogen and oxygen atoms in total. The lowest BCUT2D eigenvalue weighted by molar-refractivity contribution is -0.121. The number of benzene rings is 1. The second kappa shape index (κ2) is 6.58. The summed E-state index contributed by atoms with van der Waals surface area (Å²) in [7, 11) is 0. The van der Waals surface area contributed by atoms with Crippen LogP contribution < -0.4 is 10.7 Å². The first-order valence-corrected chi connectivity index (χ1v) is 7.06. The number of carbonyl (C=O) groups excluding carboxylic acids is 2. The number of rotatable bonds is 4. The minimum atomic E-state index is -0.444. The molecule has 0 spiro atoms. The molecule has 1 unspecified atom stereocenters. The molecule has 1 aromatic carbocycles. The highest BCUT2D eigenvalue weighted by molar-refractivity contribution is 7.96. The Kier molecular flexibility index (Phi) is 4.80. The van der Waals surface area contributed by atoms with Gasteiger partial charge in [0.1, 0.15) is 0 Å². The van der Waals surface area contributed by atoms with Crippen LogP contribution in [0.25, 0.3) is 0 Å². The maximum Gasteiger partial charge on any atom is 0.280 e. The molecule has 110 valence electrons. The van der Waals surface area contributed by atoms with Crippen LogP contribution in [-0.4, -0.2) is 16.9 Å². The van der Waals surface area contributed by atoms with Gasteiger partial charge in [-0.1, -0.05) is 37.8 Å². The predicted molar refractivity (Wildman–Crippen MR) is 86.8 cm³/mol. The third-order valence-electron chi connectivity index (χ3n) is 3.24. The highest BCUT2D eigenvalue weighted by Gasteiger charge is 2.23. The van der Waals surface area contributed by atoms with Gasteiger partial charge in [0, 0.05) is 17.9 Å². The maximum absolute atomic E-state index is 11.3. The van der Waals surface area contributed by atoms with Crippen LogP contribution in [0.2, 0.25) is 0 Å². The average Bonchev–Trinajstić information content (AvgIpc) is 2.40. The third kappa shape index (κ3) is 3.72. The Bertz CT molecular complexity index is 625. The second-order valence-corrected chi connectivity index (χ2v) is 5.35. The Morgan fingerprint density at radius 2 is 2.38 bits per heavy atom. The Balaban J connectivity index is 2.44. The van der Waals surface area contributed by atoms with Gasteiger partial charge in [-0.25, -0.2) is 5.43 Å². The number of thiol groups is 1. The van der Waals surface area contributed by atoms with Gasteiger partial charge in [0.15, 0.2) is 0 Å². The third-order valence-corrected chi connectivity index (χ3v) is 3.35. The van der Waals surface area contributed by atoms with E-state index in [1.165, 1.54) is 0 Å². The van der Waals surface area contributed by atoms with Crippen molar-refractivity contribution in [2.45, 2.75) is 19.8 Å². The molecular weight excluding hydrogens is 286 g/mol. The first-order valence-electron chi connectivity index (χ1n) is 6.61. The van der Waals surface area contributed by atoms with Crippen molar-refractivity contribution in [2.75, 3.05) is 5.32 Å². The van der Waals surface area contributed by atoms with Crippen molar-refractivity contribution in [1.29, 1.82) is 0 Å². The van der Waals surface area contributed by atoms with Crippen LogP contribution in [0.1, 0.15) is 24.5 Å². The largest absolute Gasteiger partial charge is 0.316 e. The predicted octanol–water partition coefficient (Wildman–Crippen LogP) is 2.74. The zero-order chi connectivity index (χ0) is 15.4. The zero-order valence-electron chi connectivity index (χ0n) is 11.7. The molecule has 2 N–H and O–H groups in total. The normalized spacial score (nSPS) is 17.7. The number of hydrazone groups is 1. The van der Waals surface area contributed by atoms with Crippen LogP contribution in [0.5, 0.6) is 0 Å². The SMILES string of the molecule is C=CCc1ccc(C2=NNC(=O)CC2C)c(NC(=O)S)c1. The van der Waals surface area contributed by atoms with E-state index in [0.29, 0.717) is 18.5 Å². The molecule has 2 amide bonds. The summed E-state index contributed by atoms with van der Waals surface area (Å²) in [4.78, 5) is 22.6. The van der Waals surface area contributed by atoms with E-state index in [9.17, 15) is 9.59 Å². The lowest BCUT2D eigenvalue weighted by Gasteiger charge is -2.21. The van der Waals surface area contributed by atoms with Gasteiger partial charge in [-0.3, -0.25) is 9.59 Å². The van der Waals surface area contributed by atoms with Gasteiger partial charge in [-0.15, -0.1) is 6.58 Å². The van der Waals surface area contributed by atoms with E-state index in [2.05, 4.69) is 35.1 Å². The number of nitrogens with zero attached hydrogens (tertiary/aromatic N) is 1. The first-order chi connectivity index (χ1) is 10.0. The maximum atomic E-state index is 11.3. The first kappa shape index (κ1) is 15.3. The highest BCUT2D eigenvalue weighted by Crippen LogP contribution is 2.25. The van der Waals surface area contributed by atoms with E-state index >= 15 is 0 Å². The summed E-state index contributed by atoms with van der Waals surface area (Å²) in [5, 5.41) is 6.38. The lowest BCUT2D eigenvalue weighted by Crippen LogP contribution is -2.32. The fourth-order valence-electron chi connectivity index (χ4n) is 2.31. The summed E-state index contributed by atoms with van der Waals surface area (Å²) in [5.41, 5.74) is 5.68. The van der Waals surface area contributed by atoms with E-state index in [1.54, 1.807) is 6.08 Å². The molecule has 1 aliphatic rings. The molecule has 0 bridgehead atoms. The zero-order valence-corrected chi connectivity index (χ0v) is 12.6. The van der Waals surface area contributed by atoms with E-state index in [0.717, 1.165) is 16.8 Å². The number of allylic oxidation sites excluding steroid dienone is 1. The van der Waals surface area contributed by atoms with Gasteiger partial charge in [0.05, 0.1) is 11.4 Å². The van der Waals surface area contributed by atoms with Crippen molar-refractivity contribution in [3.05, 3.63) is 42.0 Å². The highest BCUT2D eigenvalue weighted by atomic mass is 32.1. The van der Waals surface area contributed by atoms with Crippen molar-refractivity contribution in [1.82, 2.24) is 5.43 Å². The van der Waals surface area contributed by atoms with Crippen molar-refractivity contribution < 1.29 is 9.59 Å². The van der Waals surface area contributed by atoms with E-state index in [-0.39, 0.29) is 11.8 Å². The van der Waals surface area contributed by atoms with Gasteiger partial charge in [0.2, 0.25) is 5.91 Å². The molecule has 0 fully saturated rings. The van der Waals surface area contributed by atoms with E-state index in [4.69, 9.17) is 0 Å². The Labute approximate surface area is 128 Å². The summed E-state index contributed by atoms with van der Waals surface area (Å²) in [6.07, 6.45) is 2.87. The molecule has 0 radical (unpaired) electrons. The van der Waals surface area contributed by atoms with Crippen LogP contribution in [0.4, 0.5) is 10.5 Å². The standard InChI is InChI=1S/C15H17N3O2S/c1-3-4-10-5-6-11(12(8-10)16-15(20)21)14-9(2)7-13(19)17-18-14/h3,5-6,8-9H,1,4,7H2,2H3,(H,17,19)(H2,16,20,21). The molecule has 1 atom stereocenters. The number of anilines is 1. The lowest BCUT2D eigenvalue weighted by atomic mass is 9.92. The Hall–Kier alpha value is -2.08. The molecule has 0 saturated carbocycles. The number of hydrogen-bond acceptors (Lipinski definition) is 3. The number of amides is 2. The molecular formula is C15H17N3O2S. The molecule has 1 aliphatic heterocycles. The summed E-state index contributed by atoms with van der Waals surface area (Å²) in [6, 6.07) is 5.72. The molecule has 21 heavy (non-hydrogen) atoms. The topological polar surface area (TPSA) is 70.6 Å². The van der Waals surface area contributed by atoms with Crippen LogP contribution in [0.15, 0.2) is 36.0 Å². The Morgan fingerprint density at radius 1 is 1.62 bits per heavy atom. The van der Waals surface area contributed by atoms with Gasteiger partial charge >= 0.3 is 0 Å². The monoisotopic (exact) mass is 303 g/mol. The molecule has 1 aromatic rings. The number of hydrogen-bond donors (Lipinski definition) is 3. The molecule has 6 heteroatoms. The van der Waals surface area contributed by atoms with Gasteiger partial charge in [0.25, 0.3) is 5.24 Å². The fraction of sp³-hybridized carbons (Fsp3) is 0.267. The quantitative estimate of drug-likeness (QED) is 0.591. The molecule has 0 aliphatic carbocycles. The molecule has 2 rings (SSSR count). The molecule has 0 aromatic heterocycles. The fourth-order valence-corrected chi connectivity index (χ4v) is 2.43. The molecule has 0 saturated heterocycles. The van der Waals surface area contributed by atoms with Gasteiger partial charge in [-0.2, -0.15) is 5.10 Å². The van der Waals surface area contributed by atoms with Crippen molar-refractivity contribution in [2.24, 2.45) is 11.0 Å². The van der Waals surface area contributed by atoms with Crippen LogP contribution in [-0.2, 0) is 11.2 Å². The average molecular weight is 303 g/mol. The van der Waals surface area contributed by atoms with E-state index < -0.39 is 5.24 Å². The van der Waals surface area contributed by atoms with Crippen molar-refractivity contribution in [3.8, 4) is 0 Å². The summed E-state index contributed by atoms with van der Waals surface area (Å²) in [6.45, 7) is 5.64. The smallest absolute Gasteiger partial charge is 0.280 e. The van der Waals surface area contributed by atoms with Crippen molar-refractivity contribution in [3.63, 3.8) is 0 Å². The second-order valence-electron chi connectivity index (χ2n) is 4.94. The van der Waals surface area contributed by atoms with E-state index in [1.807, 2.05) is 25.1 Å². The molecule has 1 heterocycles. The minimum Gasteiger partial charge on any atom is -0.316 e. The summed E-state index contributed by atoms with van der Waals surface area (Å²) in [5.74, 6) is -0.117. The van der Waals surface area contributed by atoms with Crippen LogP contribution in [0, 0.1) is 5.92 Å². The number of carbonyl (C=O) groups is 2. The van der Waals surface area contributed by atoms with Gasteiger partial charge in [-0.05, 0) is 18.1 Å². The number of nitrogens with one attached hydrogen (secondary N) is 2. The Morgan fingerprint density at radius 3 is 3.00 bits per heavy atom. The van der Waals surface area contributed by atoms with Gasteiger partial charge < -0.3 is 5.32 Å².